The van der Waals surface area contributed by atoms with Gasteiger partial charge < -0.3 is 9.64 Å². The van der Waals surface area contributed by atoms with E-state index in [1.54, 1.807) is 6.92 Å². The number of carbonyl (C=O) groups is 1. The maximum Gasteiger partial charge on any atom is 0.159 e. The molecular weight excluding hydrogens is 226 g/mol. The highest BCUT2D eigenvalue weighted by molar-refractivity contribution is 5.94. The second-order valence-corrected chi connectivity index (χ2v) is 4.83. The highest BCUT2D eigenvalue weighted by Crippen LogP contribution is 2.13. The van der Waals surface area contributed by atoms with Gasteiger partial charge in [-0.1, -0.05) is 0 Å². The number of hydrogen-bond donors (Lipinski definition) is 0. The zero-order valence-corrected chi connectivity index (χ0v) is 11.0. The number of nitrogens with zero attached hydrogens (tertiary/aromatic N) is 1. The predicted molar refractivity (Wildman–Crippen MR) is 72.2 cm³/mol. The summed E-state index contributed by atoms with van der Waals surface area (Å²) in [6.45, 7) is 5.94. The van der Waals surface area contributed by atoms with Gasteiger partial charge in [0, 0.05) is 12.1 Å². The van der Waals surface area contributed by atoms with E-state index in [-0.39, 0.29) is 5.78 Å². The number of ketones is 1. The summed E-state index contributed by atoms with van der Waals surface area (Å²) in [4.78, 5) is 13.6. The largest absolute Gasteiger partial charge is 0.494 e. The zero-order valence-electron chi connectivity index (χ0n) is 11.0. The van der Waals surface area contributed by atoms with Crippen LogP contribution in [0.25, 0.3) is 0 Å². The Bertz CT molecular complexity index is 380. The molecule has 18 heavy (non-hydrogen) atoms. The molecule has 0 bridgehead atoms. The van der Waals surface area contributed by atoms with Crippen molar-refractivity contribution in [2.45, 2.75) is 26.2 Å². The van der Waals surface area contributed by atoms with Crippen LogP contribution >= 0.6 is 0 Å². The summed E-state index contributed by atoms with van der Waals surface area (Å²) in [5, 5.41) is 0. The first kappa shape index (κ1) is 13.1. The third kappa shape index (κ3) is 3.84. The molecule has 0 spiro atoms. The number of ether oxygens (including phenoxy) is 1. The number of benzene rings is 1. The van der Waals surface area contributed by atoms with E-state index in [9.17, 15) is 4.79 Å². The van der Waals surface area contributed by atoms with Crippen molar-refractivity contribution in [1.29, 1.82) is 0 Å². The van der Waals surface area contributed by atoms with E-state index in [4.69, 9.17) is 4.74 Å². The van der Waals surface area contributed by atoms with E-state index < -0.39 is 0 Å². The molecular formula is C15H21NO2. The summed E-state index contributed by atoms with van der Waals surface area (Å²) in [5.74, 6) is 0.942. The lowest BCUT2D eigenvalue weighted by Gasteiger charge is -2.14. The molecule has 0 aliphatic carbocycles. The van der Waals surface area contributed by atoms with E-state index in [1.807, 2.05) is 24.3 Å². The zero-order chi connectivity index (χ0) is 12.8. The smallest absolute Gasteiger partial charge is 0.159 e. The summed E-state index contributed by atoms with van der Waals surface area (Å²) in [7, 11) is 0. The average Bonchev–Trinajstić information content (AvgIpc) is 2.88. The van der Waals surface area contributed by atoms with Gasteiger partial charge in [0.1, 0.15) is 5.75 Å². The fourth-order valence-electron chi connectivity index (χ4n) is 2.27. The van der Waals surface area contributed by atoms with Crippen LogP contribution in [0.15, 0.2) is 24.3 Å². The molecule has 1 aliphatic rings. The van der Waals surface area contributed by atoms with Crippen LogP contribution in [0.3, 0.4) is 0 Å². The Labute approximate surface area is 109 Å². The highest BCUT2D eigenvalue weighted by Gasteiger charge is 2.10. The van der Waals surface area contributed by atoms with Gasteiger partial charge in [0.25, 0.3) is 0 Å². The first-order valence-corrected chi connectivity index (χ1v) is 6.72. The van der Waals surface area contributed by atoms with Gasteiger partial charge in [0.05, 0.1) is 6.61 Å². The minimum atomic E-state index is 0.0931. The molecule has 1 aliphatic heterocycles. The van der Waals surface area contributed by atoms with E-state index in [0.717, 1.165) is 30.9 Å². The average molecular weight is 247 g/mol. The second-order valence-electron chi connectivity index (χ2n) is 4.83. The van der Waals surface area contributed by atoms with Crippen molar-refractivity contribution in [3.8, 4) is 5.75 Å². The number of likely N-dealkylation sites (tertiary alicyclic amines) is 1. The summed E-state index contributed by atoms with van der Waals surface area (Å²) in [6, 6.07) is 7.37. The van der Waals surface area contributed by atoms with Crippen LogP contribution in [0, 0.1) is 0 Å². The highest BCUT2D eigenvalue weighted by atomic mass is 16.5. The van der Waals surface area contributed by atoms with Crippen LogP contribution in [-0.2, 0) is 0 Å². The molecule has 1 saturated heterocycles. The predicted octanol–water partition coefficient (Wildman–Crippen LogP) is 2.75. The maximum atomic E-state index is 11.1. The SMILES string of the molecule is CC(=O)c1ccc(OCCCN2CCCC2)cc1. The van der Waals surface area contributed by atoms with Crippen LogP contribution in [0.4, 0.5) is 0 Å². The van der Waals surface area contributed by atoms with Crippen molar-refractivity contribution >= 4 is 5.78 Å². The lowest BCUT2D eigenvalue weighted by atomic mass is 10.1. The van der Waals surface area contributed by atoms with E-state index in [0.29, 0.717) is 0 Å². The Morgan fingerprint density at radius 2 is 1.89 bits per heavy atom. The van der Waals surface area contributed by atoms with Crippen molar-refractivity contribution in [3.63, 3.8) is 0 Å². The molecule has 3 heteroatoms. The van der Waals surface area contributed by atoms with E-state index in [2.05, 4.69) is 4.90 Å². The number of Topliss-reactive ketones (excluding diaryl/α,β-unsaturated/α-hetero) is 1. The molecule has 0 saturated carbocycles. The lowest BCUT2D eigenvalue weighted by molar-refractivity contribution is 0.101. The molecule has 0 N–H and O–H groups in total. The number of hydrogen-bond acceptors (Lipinski definition) is 3. The first-order chi connectivity index (χ1) is 8.75. The quantitative estimate of drug-likeness (QED) is 0.572. The number of carbonyl (C=O) groups excluding carboxylic acids is 1. The Balaban J connectivity index is 1.68. The van der Waals surface area contributed by atoms with Gasteiger partial charge in [-0.2, -0.15) is 0 Å². The molecule has 0 amide bonds. The van der Waals surface area contributed by atoms with Crippen molar-refractivity contribution in [3.05, 3.63) is 29.8 Å². The second kappa shape index (κ2) is 6.55. The van der Waals surface area contributed by atoms with E-state index >= 15 is 0 Å². The molecule has 1 aromatic rings. The van der Waals surface area contributed by atoms with Gasteiger partial charge in [0.2, 0.25) is 0 Å². The molecule has 1 fully saturated rings. The number of rotatable bonds is 6. The first-order valence-electron chi connectivity index (χ1n) is 6.72. The Morgan fingerprint density at radius 3 is 2.50 bits per heavy atom. The normalized spacial score (nSPS) is 15.8. The van der Waals surface area contributed by atoms with Gasteiger partial charge in [-0.25, -0.2) is 0 Å². The third-order valence-electron chi connectivity index (χ3n) is 3.35. The summed E-state index contributed by atoms with van der Waals surface area (Å²) in [6.07, 6.45) is 3.75. The van der Waals surface area contributed by atoms with Gasteiger partial charge in [-0.15, -0.1) is 0 Å². The molecule has 2 rings (SSSR count). The standard InChI is InChI=1S/C15H21NO2/c1-13(17)14-5-7-15(8-6-14)18-12-4-11-16-9-2-3-10-16/h5-8H,2-4,9-12H2,1H3. The molecule has 0 radical (unpaired) electrons. The maximum absolute atomic E-state index is 11.1. The minimum absolute atomic E-state index is 0.0931. The lowest BCUT2D eigenvalue weighted by Crippen LogP contribution is -2.21. The van der Waals surface area contributed by atoms with Crippen molar-refractivity contribution in [2.75, 3.05) is 26.2 Å². The molecule has 0 atom stereocenters. The minimum Gasteiger partial charge on any atom is -0.494 e. The molecule has 3 nitrogen and oxygen atoms in total. The molecule has 0 aromatic heterocycles. The van der Waals surface area contributed by atoms with E-state index in [1.165, 1.54) is 25.9 Å². The summed E-state index contributed by atoms with van der Waals surface area (Å²) < 4.78 is 5.66. The fraction of sp³-hybridized carbons (Fsp3) is 0.533. The van der Waals surface area contributed by atoms with Crippen LogP contribution < -0.4 is 4.74 Å². The molecule has 1 aromatic carbocycles. The Hall–Kier alpha value is -1.35. The summed E-state index contributed by atoms with van der Waals surface area (Å²) in [5.41, 5.74) is 0.736. The topological polar surface area (TPSA) is 29.5 Å². The monoisotopic (exact) mass is 247 g/mol. The fourth-order valence-corrected chi connectivity index (χ4v) is 2.27. The van der Waals surface area contributed by atoms with Crippen LogP contribution in [0.2, 0.25) is 0 Å². The van der Waals surface area contributed by atoms with Gasteiger partial charge in [0.15, 0.2) is 5.78 Å². The van der Waals surface area contributed by atoms with Crippen molar-refractivity contribution < 1.29 is 9.53 Å². The third-order valence-corrected chi connectivity index (χ3v) is 3.35. The van der Waals surface area contributed by atoms with Crippen LogP contribution in [-0.4, -0.2) is 36.9 Å². The van der Waals surface area contributed by atoms with Crippen molar-refractivity contribution in [2.24, 2.45) is 0 Å². The molecule has 0 unspecified atom stereocenters. The summed E-state index contributed by atoms with van der Waals surface area (Å²) >= 11 is 0. The Kier molecular flexibility index (Phi) is 4.76. The Morgan fingerprint density at radius 1 is 1.22 bits per heavy atom. The van der Waals surface area contributed by atoms with Crippen LogP contribution in [0.5, 0.6) is 5.75 Å². The van der Waals surface area contributed by atoms with Crippen LogP contribution in [0.1, 0.15) is 36.5 Å². The van der Waals surface area contributed by atoms with Gasteiger partial charge >= 0.3 is 0 Å². The molecule has 1 heterocycles. The van der Waals surface area contributed by atoms with Gasteiger partial charge in [-0.3, -0.25) is 4.79 Å². The van der Waals surface area contributed by atoms with Crippen molar-refractivity contribution in [1.82, 2.24) is 4.90 Å². The van der Waals surface area contributed by atoms with Gasteiger partial charge in [-0.05, 0) is 63.5 Å². The molecule has 98 valence electrons.